The number of hydrogen-bond acceptors (Lipinski definition) is 16. The van der Waals surface area contributed by atoms with Gasteiger partial charge in [-0.15, -0.1) is 0 Å². The van der Waals surface area contributed by atoms with Crippen LogP contribution >= 0.6 is 0 Å². The Labute approximate surface area is 241 Å². The predicted octanol–water partition coefficient (Wildman–Crippen LogP) is -2.77. The lowest BCUT2D eigenvalue weighted by Crippen LogP contribution is -2.60. The van der Waals surface area contributed by atoms with Gasteiger partial charge in [0.15, 0.2) is 5.76 Å². The Morgan fingerprint density at radius 2 is 1.23 bits per heavy atom. The van der Waals surface area contributed by atoms with Crippen LogP contribution < -0.4 is 14.9 Å². The van der Waals surface area contributed by atoms with Crippen molar-refractivity contribution in [3.63, 3.8) is 0 Å². The Balaban J connectivity index is 1.58. The van der Waals surface area contributed by atoms with E-state index in [9.17, 15) is 55.9 Å². The van der Waals surface area contributed by atoms with Gasteiger partial charge in [-0.1, -0.05) is 0 Å². The van der Waals surface area contributed by atoms with Crippen LogP contribution in [0.1, 0.15) is 0 Å². The molecule has 0 amide bonds. The number of aliphatic hydroxyl groups excluding tert-OH is 8. The zero-order valence-electron chi connectivity index (χ0n) is 22.1. The lowest BCUT2D eigenvalue weighted by molar-refractivity contribution is -0.277. The smallest absolute Gasteiger partial charge is 0.239 e. The van der Waals surface area contributed by atoms with Crippen LogP contribution in [-0.4, -0.2) is 126 Å². The summed E-state index contributed by atoms with van der Waals surface area (Å²) < 4.78 is 27.8. The van der Waals surface area contributed by atoms with Crippen molar-refractivity contribution in [3.05, 3.63) is 46.6 Å². The molecule has 0 saturated carbocycles. The number of fused-ring (bicyclic) bond motifs is 1. The second kappa shape index (κ2) is 12.2. The van der Waals surface area contributed by atoms with Crippen molar-refractivity contribution in [2.45, 2.75) is 61.4 Å². The Kier molecular flexibility index (Phi) is 8.77. The lowest BCUT2D eigenvalue weighted by atomic mass is 9.99. The Morgan fingerprint density at radius 3 is 1.77 bits per heavy atom. The molecule has 2 saturated heterocycles. The van der Waals surface area contributed by atoms with Gasteiger partial charge in [0.05, 0.1) is 13.2 Å². The zero-order chi connectivity index (χ0) is 31.2. The van der Waals surface area contributed by atoms with Gasteiger partial charge in [0.2, 0.25) is 23.8 Å². The minimum Gasteiger partial charge on any atom is -0.508 e. The molecule has 3 aromatic rings. The number of ether oxygens (including phenoxy) is 4. The third kappa shape index (κ3) is 5.73. The van der Waals surface area contributed by atoms with Gasteiger partial charge in [-0.25, -0.2) is 0 Å². The maximum atomic E-state index is 13.7. The maximum absolute atomic E-state index is 13.7. The molecule has 16 heteroatoms. The summed E-state index contributed by atoms with van der Waals surface area (Å²) in [7, 11) is 0. The van der Waals surface area contributed by atoms with E-state index in [1.807, 2.05) is 0 Å². The topological polar surface area (TPSA) is 269 Å². The molecule has 0 bridgehead atoms. The molecule has 0 unspecified atom stereocenters. The monoisotopic (exact) mass is 610 g/mol. The first-order chi connectivity index (χ1) is 20.4. The summed E-state index contributed by atoms with van der Waals surface area (Å²) in [6.45, 7) is -1.48. The van der Waals surface area contributed by atoms with Crippen LogP contribution in [0.25, 0.3) is 22.3 Å². The SMILES string of the molecule is O=c1c(O[C@@H]2O[C@H](CO)[C@@H](O)[C@H](O)[C@H]2O)c(-c2ccc(O)cc2)oc2cc(O[C@H]3O[C@H](CO)[C@H](O)[C@H](O)[C@H]3O)cc(O)c12. The summed E-state index contributed by atoms with van der Waals surface area (Å²) in [6, 6.07) is 7.35. The van der Waals surface area contributed by atoms with Gasteiger partial charge in [0, 0.05) is 17.7 Å². The summed E-state index contributed by atoms with van der Waals surface area (Å²) in [6.07, 6.45) is -16.6. The van der Waals surface area contributed by atoms with Gasteiger partial charge in [-0.05, 0) is 24.3 Å². The van der Waals surface area contributed by atoms with Gasteiger partial charge < -0.3 is 74.4 Å². The fourth-order valence-corrected chi connectivity index (χ4v) is 4.82. The number of hydrogen-bond donors (Lipinski definition) is 10. The molecule has 10 atom stereocenters. The molecule has 2 aliphatic rings. The first-order valence-corrected chi connectivity index (χ1v) is 13.0. The summed E-state index contributed by atoms with van der Waals surface area (Å²) in [4.78, 5) is 13.7. The number of benzene rings is 2. The second-order valence-corrected chi connectivity index (χ2v) is 10.1. The van der Waals surface area contributed by atoms with Gasteiger partial charge in [-0.2, -0.15) is 0 Å². The number of phenols is 2. The number of phenolic OH excluding ortho intramolecular Hbond substituents is 2. The normalized spacial score (nSPS) is 32.9. The molecule has 5 rings (SSSR count). The van der Waals surface area contributed by atoms with E-state index < -0.39 is 96.9 Å². The standard InChI is InChI=1S/C27H30O16/c28-7-14-17(32)20(35)22(37)26(41-14)39-11-5-12(31)16-13(6-11)40-24(9-1-3-10(30)4-2-9)25(19(16)34)43-27-23(38)21(36)18(33)15(8-29)42-27/h1-6,14-15,17-18,20-23,26-33,35-38H,7-8H2/t14-,15-,17+,18-,20+,21+,22-,23-,26+,27+/m1/s1. The van der Waals surface area contributed by atoms with E-state index in [4.69, 9.17) is 23.4 Å². The highest BCUT2D eigenvalue weighted by atomic mass is 16.7. The lowest BCUT2D eigenvalue weighted by Gasteiger charge is -2.39. The summed E-state index contributed by atoms with van der Waals surface area (Å²) in [5.41, 5.74) is -1.11. The molecule has 16 nitrogen and oxygen atoms in total. The highest BCUT2D eigenvalue weighted by Crippen LogP contribution is 2.38. The average molecular weight is 611 g/mol. The van der Waals surface area contributed by atoms with E-state index in [1.54, 1.807) is 0 Å². The number of aliphatic hydroxyl groups is 8. The molecule has 1 aromatic heterocycles. The molecule has 10 N–H and O–H groups in total. The van der Waals surface area contributed by atoms with E-state index in [2.05, 4.69) is 0 Å². The van der Waals surface area contributed by atoms with Crippen LogP contribution in [0.4, 0.5) is 0 Å². The zero-order valence-corrected chi connectivity index (χ0v) is 22.1. The van der Waals surface area contributed by atoms with E-state index in [0.717, 1.165) is 12.1 Å². The highest BCUT2D eigenvalue weighted by Gasteiger charge is 2.46. The molecule has 0 spiro atoms. The van der Waals surface area contributed by atoms with E-state index in [1.165, 1.54) is 24.3 Å². The van der Waals surface area contributed by atoms with E-state index in [-0.39, 0.29) is 28.4 Å². The van der Waals surface area contributed by atoms with Crippen LogP contribution in [0.5, 0.6) is 23.0 Å². The van der Waals surface area contributed by atoms with Crippen LogP contribution in [0.2, 0.25) is 0 Å². The fourth-order valence-electron chi connectivity index (χ4n) is 4.82. The van der Waals surface area contributed by atoms with E-state index >= 15 is 0 Å². The van der Waals surface area contributed by atoms with Crippen molar-refractivity contribution in [2.75, 3.05) is 13.2 Å². The highest BCUT2D eigenvalue weighted by molar-refractivity contribution is 5.88. The quantitative estimate of drug-likeness (QED) is 0.130. The number of rotatable bonds is 7. The van der Waals surface area contributed by atoms with Gasteiger partial charge >= 0.3 is 0 Å². The van der Waals surface area contributed by atoms with Crippen molar-refractivity contribution in [2.24, 2.45) is 0 Å². The van der Waals surface area contributed by atoms with Crippen molar-refractivity contribution in [1.82, 2.24) is 0 Å². The Bertz CT molecular complexity index is 1490. The molecule has 234 valence electrons. The second-order valence-electron chi connectivity index (χ2n) is 10.1. The summed E-state index contributed by atoms with van der Waals surface area (Å²) in [5.74, 6) is -1.96. The van der Waals surface area contributed by atoms with Crippen LogP contribution in [-0.2, 0) is 9.47 Å². The Morgan fingerprint density at radius 1 is 0.698 bits per heavy atom. The molecule has 2 aliphatic heterocycles. The first kappa shape index (κ1) is 30.9. The molecule has 43 heavy (non-hydrogen) atoms. The number of aromatic hydroxyl groups is 2. The van der Waals surface area contributed by atoms with Gasteiger partial charge in [-0.3, -0.25) is 4.79 Å². The third-order valence-electron chi connectivity index (χ3n) is 7.22. The van der Waals surface area contributed by atoms with Crippen molar-refractivity contribution in [1.29, 1.82) is 0 Å². The van der Waals surface area contributed by atoms with Crippen LogP contribution in [0.15, 0.2) is 45.6 Å². The van der Waals surface area contributed by atoms with Gasteiger partial charge in [0.25, 0.3) is 0 Å². The van der Waals surface area contributed by atoms with Crippen molar-refractivity contribution >= 4 is 11.0 Å². The summed E-state index contributed by atoms with van der Waals surface area (Å²) >= 11 is 0. The van der Waals surface area contributed by atoms with Gasteiger partial charge in [0.1, 0.15) is 77.0 Å². The molecule has 3 heterocycles. The Hall–Kier alpha value is -3.55. The fraction of sp³-hybridized carbons (Fsp3) is 0.444. The van der Waals surface area contributed by atoms with Crippen LogP contribution in [0.3, 0.4) is 0 Å². The predicted molar refractivity (Wildman–Crippen MR) is 140 cm³/mol. The van der Waals surface area contributed by atoms with Crippen molar-refractivity contribution < 1.29 is 74.4 Å². The molecule has 2 fully saturated rings. The molecule has 0 radical (unpaired) electrons. The molecular weight excluding hydrogens is 580 g/mol. The minimum absolute atomic E-state index is 0.129. The molecule has 0 aliphatic carbocycles. The van der Waals surface area contributed by atoms with Crippen molar-refractivity contribution in [3.8, 4) is 34.3 Å². The minimum atomic E-state index is -1.89. The largest absolute Gasteiger partial charge is 0.508 e. The third-order valence-corrected chi connectivity index (χ3v) is 7.22. The van der Waals surface area contributed by atoms with Crippen LogP contribution in [0, 0.1) is 0 Å². The maximum Gasteiger partial charge on any atom is 0.239 e. The first-order valence-electron chi connectivity index (χ1n) is 13.0. The molecular formula is C27H30O16. The van der Waals surface area contributed by atoms with E-state index in [0.29, 0.717) is 0 Å². The average Bonchev–Trinajstić information content (AvgIpc) is 2.98. The molecule has 2 aromatic carbocycles. The summed E-state index contributed by atoms with van der Waals surface area (Å²) in [5, 5.41) is 100.